The molecule has 0 saturated carbocycles. The molecule has 0 aliphatic heterocycles. The number of hydrogen-bond acceptors (Lipinski definition) is 5. The van der Waals surface area contributed by atoms with Gasteiger partial charge in [0.2, 0.25) is 0 Å². The van der Waals surface area contributed by atoms with Crippen LogP contribution in [0.3, 0.4) is 0 Å². The van der Waals surface area contributed by atoms with E-state index >= 15 is 0 Å². The summed E-state index contributed by atoms with van der Waals surface area (Å²) in [6.45, 7) is 1.94. The predicted molar refractivity (Wildman–Crippen MR) is 50.7 cm³/mol. The maximum absolute atomic E-state index is 11.1. The van der Waals surface area contributed by atoms with Crippen LogP contribution >= 0.6 is 0 Å². The quantitative estimate of drug-likeness (QED) is 0.551. The highest BCUT2D eigenvalue weighted by Crippen LogP contribution is 1.90. The van der Waals surface area contributed by atoms with Crippen LogP contribution in [0.1, 0.15) is 13.3 Å². The van der Waals surface area contributed by atoms with Crippen molar-refractivity contribution < 1.29 is 17.9 Å². The van der Waals surface area contributed by atoms with Crippen molar-refractivity contribution in [1.82, 2.24) is 9.44 Å². The largest absolute Gasteiger partial charge is 0.452 e. The number of nitrogens with two attached hydrogens (primary N) is 1. The van der Waals surface area contributed by atoms with E-state index in [0.29, 0.717) is 6.42 Å². The molecule has 0 heterocycles. The van der Waals surface area contributed by atoms with Crippen molar-refractivity contribution in [2.24, 2.45) is 5.73 Å². The lowest BCUT2D eigenvalue weighted by molar-refractivity contribution is 0.177. The summed E-state index contributed by atoms with van der Waals surface area (Å²) >= 11 is 0. The van der Waals surface area contributed by atoms with Crippen molar-refractivity contribution in [3.8, 4) is 0 Å². The van der Waals surface area contributed by atoms with E-state index in [0.717, 1.165) is 7.11 Å². The van der Waals surface area contributed by atoms with Crippen molar-refractivity contribution >= 4 is 16.3 Å². The molecule has 0 radical (unpaired) electrons. The van der Waals surface area contributed by atoms with Crippen LogP contribution in [0, 0.1) is 0 Å². The van der Waals surface area contributed by atoms with E-state index in [4.69, 9.17) is 5.73 Å². The Kier molecular flexibility index (Phi) is 5.43. The molecule has 0 bridgehead atoms. The van der Waals surface area contributed by atoms with Crippen LogP contribution in [0.15, 0.2) is 0 Å². The van der Waals surface area contributed by atoms with E-state index in [1.807, 2.05) is 0 Å². The van der Waals surface area contributed by atoms with Gasteiger partial charge in [0.05, 0.1) is 7.11 Å². The summed E-state index contributed by atoms with van der Waals surface area (Å²) in [7, 11) is -2.80. The minimum atomic E-state index is -3.87. The number of amides is 1. The Hall–Kier alpha value is -0.860. The van der Waals surface area contributed by atoms with Crippen molar-refractivity contribution in [2.75, 3.05) is 13.7 Å². The van der Waals surface area contributed by atoms with Gasteiger partial charge in [-0.2, -0.15) is 13.1 Å². The number of carbonyl (C=O) groups excluding carboxylic acids is 1. The van der Waals surface area contributed by atoms with Gasteiger partial charge in [-0.3, -0.25) is 0 Å². The van der Waals surface area contributed by atoms with E-state index in [2.05, 4.69) is 9.46 Å². The highest BCUT2D eigenvalue weighted by molar-refractivity contribution is 7.88. The Labute approximate surface area is 83.2 Å². The first-order valence-electron chi connectivity index (χ1n) is 4.03. The van der Waals surface area contributed by atoms with E-state index in [-0.39, 0.29) is 6.54 Å². The normalized spacial score (nSPS) is 13.4. The first kappa shape index (κ1) is 13.1. The third kappa shape index (κ3) is 5.00. The van der Waals surface area contributed by atoms with Crippen LogP contribution in [0.2, 0.25) is 0 Å². The minimum Gasteiger partial charge on any atom is -0.452 e. The molecule has 0 aromatic heterocycles. The average molecular weight is 225 g/mol. The minimum absolute atomic E-state index is 0.165. The number of rotatable bonds is 5. The zero-order valence-electron chi connectivity index (χ0n) is 8.11. The fourth-order valence-corrected chi connectivity index (χ4v) is 1.76. The van der Waals surface area contributed by atoms with Crippen LogP contribution in [-0.4, -0.2) is 34.2 Å². The van der Waals surface area contributed by atoms with Crippen molar-refractivity contribution in [1.29, 1.82) is 0 Å². The second kappa shape index (κ2) is 5.78. The Bertz CT molecular complexity index is 273. The molecule has 8 heteroatoms. The molecule has 0 saturated heterocycles. The van der Waals surface area contributed by atoms with Gasteiger partial charge in [-0.25, -0.2) is 9.52 Å². The molecule has 1 atom stereocenters. The summed E-state index contributed by atoms with van der Waals surface area (Å²) < 4.78 is 30.3. The molecule has 84 valence electrons. The third-order valence-electron chi connectivity index (χ3n) is 1.50. The Morgan fingerprint density at radius 2 is 2.14 bits per heavy atom. The zero-order chi connectivity index (χ0) is 11.2. The molecule has 0 aliphatic carbocycles. The molecule has 7 nitrogen and oxygen atoms in total. The number of hydrogen-bond donors (Lipinski definition) is 3. The summed E-state index contributed by atoms with van der Waals surface area (Å²) in [5.74, 6) is 0. The van der Waals surface area contributed by atoms with Crippen LogP contribution in [0.5, 0.6) is 0 Å². The summed E-state index contributed by atoms with van der Waals surface area (Å²) in [4.78, 5) is 10.6. The molecular weight excluding hydrogens is 210 g/mol. The van der Waals surface area contributed by atoms with E-state index in [9.17, 15) is 13.2 Å². The lowest BCUT2D eigenvalue weighted by Crippen LogP contribution is -2.47. The van der Waals surface area contributed by atoms with Gasteiger partial charge in [0.1, 0.15) is 0 Å². The Morgan fingerprint density at radius 3 is 2.50 bits per heavy atom. The standard InChI is InChI=1S/C6H15N3O4S/c1-3-5(4-7)8-14(11,12)9-6(10)13-2/h5,8H,3-4,7H2,1-2H3,(H,9,10). The summed E-state index contributed by atoms with van der Waals surface area (Å²) in [6, 6.07) is -0.392. The number of carbonyl (C=O) groups is 1. The number of methoxy groups -OCH3 is 1. The molecular formula is C6H15N3O4S. The fraction of sp³-hybridized carbons (Fsp3) is 0.833. The second-order valence-electron chi connectivity index (χ2n) is 2.56. The van der Waals surface area contributed by atoms with Crippen LogP contribution < -0.4 is 15.2 Å². The van der Waals surface area contributed by atoms with Gasteiger partial charge in [-0.1, -0.05) is 6.92 Å². The Balaban J connectivity index is 4.27. The van der Waals surface area contributed by atoms with Gasteiger partial charge in [0, 0.05) is 12.6 Å². The number of ether oxygens (including phenoxy) is 1. The molecule has 0 aliphatic rings. The predicted octanol–water partition coefficient (Wildman–Crippen LogP) is -1.09. The molecule has 0 rings (SSSR count). The van der Waals surface area contributed by atoms with Gasteiger partial charge in [-0.05, 0) is 6.42 Å². The van der Waals surface area contributed by atoms with Gasteiger partial charge in [0.15, 0.2) is 0 Å². The average Bonchev–Trinajstić information content (AvgIpc) is 2.13. The molecule has 1 unspecified atom stereocenters. The highest BCUT2D eigenvalue weighted by Gasteiger charge is 2.17. The zero-order valence-corrected chi connectivity index (χ0v) is 8.93. The molecule has 0 aromatic rings. The van der Waals surface area contributed by atoms with E-state index in [1.54, 1.807) is 11.6 Å². The summed E-state index contributed by atoms with van der Waals surface area (Å²) in [6.07, 6.45) is -0.497. The van der Waals surface area contributed by atoms with Crippen LogP contribution in [0.25, 0.3) is 0 Å². The maximum atomic E-state index is 11.1. The van der Waals surface area contributed by atoms with Gasteiger partial charge >= 0.3 is 16.3 Å². The first-order valence-corrected chi connectivity index (χ1v) is 5.51. The molecule has 0 spiro atoms. The molecule has 4 N–H and O–H groups in total. The van der Waals surface area contributed by atoms with Crippen molar-refractivity contribution in [3.05, 3.63) is 0 Å². The molecule has 1 amide bonds. The van der Waals surface area contributed by atoms with Gasteiger partial charge < -0.3 is 10.5 Å². The maximum Gasteiger partial charge on any atom is 0.421 e. The smallest absolute Gasteiger partial charge is 0.421 e. The van der Waals surface area contributed by atoms with E-state index < -0.39 is 22.3 Å². The third-order valence-corrected chi connectivity index (χ3v) is 2.58. The second-order valence-corrected chi connectivity index (χ2v) is 4.00. The van der Waals surface area contributed by atoms with Gasteiger partial charge in [-0.15, -0.1) is 0 Å². The molecule has 0 fully saturated rings. The lowest BCUT2D eigenvalue weighted by atomic mass is 10.2. The topological polar surface area (TPSA) is 111 Å². The Morgan fingerprint density at radius 1 is 1.57 bits per heavy atom. The van der Waals surface area contributed by atoms with Crippen LogP contribution in [0.4, 0.5) is 4.79 Å². The highest BCUT2D eigenvalue weighted by atomic mass is 32.2. The SMILES string of the molecule is CCC(CN)NS(=O)(=O)NC(=O)OC. The summed E-state index contributed by atoms with van der Waals surface area (Å²) in [5, 5.41) is 0. The fourth-order valence-electron chi connectivity index (χ4n) is 0.698. The van der Waals surface area contributed by atoms with Gasteiger partial charge in [0.25, 0.3) is 0 Å². The summed E-state index contributed by atoms with van der Waals surface area (Å²) in [5.41, 5.74) is 5.28. The number of nitrogens with one attached hydrogen (secondary N) is 2. The van der Waals surface area contributed by atoms with Crippen molar-refractivity contribution in [2.45, 2.75) is 19.4 Å². The van der Waals surface area contributed by atoms with Crippen molar-refractivity contribution in [3.63, 3.8) is 0 Å². The first-order chi connectivity index (χ1) is 6.45. The molecule has 0 aromatic carbocycles. The van der Waals surface area contributed by atoms with E-state index in [1.165, 1.54) is 0 Å². The monoisotopic (exact) mass is 225 g/mol. The van der Waals surface area contributed by atoms with Crippen LogP contribution in [-0.2, 0) is 14.9 Å². The lowest BCUT2D eigenvalue weighted by Gasteiger charge is -2.14. The molecule has 14 heavy (non-hydrogen) atoms.